The Bertz CT molecular complexity index is 4050. The zero-order chi connectivity index (χ0) is 53.0. The van der Waals surface area contributed by atoms with Crippen molar-refractivity contribution in [1.29, 1.82) is 0 Å². The van der Waals surface area contributed by atoms with E-state index in [4.69, 9.17) is 9.97 Å². The topological polar surface area (TPSA) is 138 Å². The molecule has 1 aliphatic rings. The third-order valence-corrected chi connectivity index (χ3v) is 16.5. The van der Waals surface area contributed by atoms with Gasteiger partial charge < -0.3 is 4.57 Å². The van der Waals surface area contributed by atoms with Gasteiger partial charge in [-0.15, -0.1) is 0 Å². The average molecular weight is 1030 g/mol. The molecule has 0 fully saturated rings. The van der Waals surface area contributed by atoms with Crippen molar-refractivity contribution < 1.29 is 9.85 Å². The van der Waals surface area contributed by atoms with Crippen LogP contribution in [0.15, 0.2) is 77.6 Å². The van der Waals surface area contributed by atoms with Crippen LogP contribution >= 0.6 is 0 Å². The van der Waals surface area contributed by atoms with Crippen LogP contribution in [0, 0.1) is 43.9 Å². The number of hydrogen-bond donors (Lipinski definition) is 0. The number of imidazole rings is 2. The highest BCUT2D eigenvalue weighted by Crippen LogP contribution is 2.49. The third-order valence-electron chi connectivity index (χ3n) is 16.5. The standard InChI is InChI=1S/C66H68N6O5/c1-3-5-7-9-11-13-15-17-19-21-23-25-27-29-44-39-54-62(56(41-44)71(74)75)67-64-51-36-33-48-50-35-38-53-61-52(37-34-49(60(50)61)47-32-31-46(43-69(54)64)58(51)59(47)48)65-68-63-55(70(65)66(53)73)40-45(42-57(63)72(76)77)30-28-26-24-22-20-18-16-14-12-10-8-6-4-2/h31-42H,3-26,43H2,1-2H3. The Kier molecular flexibility index (Phi) is 15.3. The van der Waals surface area contributed by atoms with Gasteiger partial charge >= 0.3 is 0 Å². The fourth-order valence-electron chi connectivity index (χ4n) is 12.6. The van der Waals surface area contributed by atoms with E-state index in [0.29, 0.717) is 57.5 Å². The molecule has 0 saturated carbocycles. The lowest BCUT2D eigenvalue weighted by molar-refractivity contribution is -0.383. The molecule has 10 aromatic rings. The molecule has 11 rings (SSSR count). The molecule has 0 amide bonds. The molecule has 0 bridgehead atoms. The van der Waals surface area contributed by atoms with Crippen LogP contribution in [0.4, 0.5) is 11.4 Å². The van der Waals surface area contributed by atoms with E-state index in [2.05, 4.69) is 72.4 Å². The Morgan fingerprint density at radius 1 is 0.494 bits per heavy atom. The lowest BCUT2D eigenvalue weighted by Gasteiger charge is -2.23. The largest absolute Gasteiger partial charge is 0.319 e. The molecule has 11 nitrogen and oxygen atoms in total. The van der Waals surface area contributed by atoms with Gasteiger partial charge in [0.05, 0.1) is 27.4 Å². The Balaban J connectivity index is 0.884. The van der Waals surface area contributed by atoms with Crippen LogP contribution in [0.1, 0.15) is 185 Å². The van der Waals surface area contributed by atoms with Crippen LogP contribution in [0.3, 0.4) is 0 Å². The van der Waals surface area contributed by atoms with E-state index in [1.807, 2.05) is 24.3 Å². The number of nitro groups is 2. The molecular weight excluding hydrogens is 957 g/mol. The van der Waals surface area contributed by atoms with Gasteiger partial charge in [-0.2, -0.15) is 0 Å². The van der Waals surface area contributed by atoms with Crippen molar-refractivity contribution in [2.24, 2.45) is 0 Å². The molecule has 11 heteroatoms. The molecule has 3 aromatic heterocycles. The highest BCUT2D eigenvalue weighted by atomic mass is 16.6. The summed E-state index contributed by atoms with van der Waals surface area (Å²) in [6.45, 7) is 4.99. The molecule has 0 N–H and O–H groups in total. The van der Waals surface area contributed by atoms with Crippen molar-refractivity contribution in [2.45, 2.75) is 174 Å². The van der Waals surface area contributed by atoms with Crippen LogP contribution in [0.5, 0.6) is 0 Å². The van der Waals surface area contributed by atoms with E-state index in [-0.39, 0.29) is 27.4 Å². The zero-order valence-corrected chi connectivity index (χ0v) is 44.8. The molecular formula is C66H68N6O5. The van der Waals surface area contributed by atoms with Gasteiger partial charge in [-0.25, -0.2) is 9.97 Å². The Hall–Kier alpha value is -7.63. The summed E-state index contributed by atoms with van der Waals surface area (Å²) in [6.07, 6.45) is 29.2. The molecule has 0 radical (unpaired) electrons. The first-order chi connectivity index (χ1) is 37.8. The van der Waals surface area contributed by atoms with E-state index >= 15 is 0 Å². The fourth-order valence-corrected chi connectivity index (χ4v) is 12.6. The summed E-state index contributed by atoms with van der Waals surface area (Å²) >= 11 is 0. The normalized spacial score (nSPS) is 12.2. The zero-order valence-electron chi connectivity index (χ0n) is 44.8. The van der Waals surface area contributed by atoms with Crippen LogP contribution in [-0.4, -0.2) is 28.8 Å². The molecule has 7 aromatic carbocycles. The summed E-state index contributed by atoms with van der Waals surface area (Å²) in [6, 6.07) is 23.2. The van der Waals surface area contributed by atoms with Crippen molar-refractivity contribution in [1.82, 2.24) is 18.9 Å². The number of nitrogens with zero attached hydrogens (tertiary/aromatic N) is 6. The third kappa shape index (κ3) is 9.91. The fraction of sp³-hybridized carbons (Fsp3) is 0.409. The second kappa shape index (κ2) is 22.9. The van der Waals surface area contributed by atoms with Gasteiger partial charge in [0, 0.05) is 57.8 Å². The molecule has 0 atom stereocenters. The average Bonchev–Trinajstić information content (AvgIpc) is 4.15. The van der Waals surface area contributed by atoms with Gasteiger partial charge in [0.2, 0.25) is 0 Å². The monoisotopic (exact) mass is 1020 g/mol. The Morgan fingerprint density at radius 2 is 0.922 bits per heavy atom. The number of pyridine rings is 1. The smallest absolute Gasteiger partial charge is 0.298 e. The maximum Gasteiger partial charge on any atom is 0.298 e. The molecule has 0 saturated heterocycles. The van der Waals surface area contributed by atoms with Gasteiger partial charge in [0.25, 0.3) is 16.9 Å². The number of unbranched alkanes of at least 4 members (excludes halogenated alkanes) is 22. The van der Waals surface area contributed by atoms with E-state index in [1.54, 1.807) is 12.1 Å². The number of hydrogen-bond acceptors (Lipinski definition) is 7. The Labute approximate surface area is 449 Å². The van der Waals surface area contributed by atoms with Crippen LogP contribution in [0.2, 0.25) is 0 Å². The summed E-state index contributed by atoms with van der Waals surface area (Å²) in [5, 5.41) is 34.3. The quantitative estimate of drug-likeness (QED) is 0.0147. The molecule has 392 valence electrons. The van der Waals surface area contributed by atoms with E-state index in [9.17, 15) is 25.0 Å². The number of fused-ring (bicyclic) bond motifs is 10. The van der Waals surface area contributed by atoms with Crippen molar-refractivity contribution in [3.8, 4) is 35.1 Å². The van der Waals surface area contributed by atoms with Gasteiger partial charge in [-0.05, 0) is 86.4 Å². The van der Waals surface area contributed by atoms with Crippen molar-refractivity contribution in [2.75, 3.05) is 0 Å². The number of non-ortho nitro benzene ring substituents is 2. The maximum atomic E-state index is 14.8. The number of nitro benzene ring substituents is 2. The van der Waals surface area contributed by atoms with Crippen LogP contribution in [0.25, 0.3) is 93.0 Å². The molecule has 0 aliphatic carbocycles. The number of rotatable bonds is 24. The van der Waals surface area contributed by atoms with Gasteiger partial charge in [-0.1, -0.05) is 196 Å². The van der Waals surface area contributed by atoms with E-state index < -0.39 is 4.92 Å². The van der Waals surface area contributed by atoms with Crippen LogP contribution in [-0.2, 0) is 6.54 Å². The second-order valence-corrected chi connectivity index (χ2v) is 21.8. The second-order valence-electron chi connectivity index (χ2n) is 21.8. The summed E-state index contributed by atoms with van der Waals surface area (Å²) in [7, 11) is 0. The summed E-state index contributed by atoms with van der Waals surface area (Å²) < 4.78 is 3.63. The van der Waals surface area contributed by atoms with Gasteiger partial charge in [0.1, 0.15) is 11.5 Å². The highest BCUT2D eigenvalue weighted by Gasteiger charge is 2.30. The number of benzene rings is 7. The maximum absolute atomic E-state index is 14.8. The van der Waals surface area contributed by atoms with E-state index in [1.165, 1.54) is 126 Å². The minimum atomic E-state index is -0.429. The summed E-state index contributed by atoms with van der Waals surface area (Å²) in [5.74, 6) is 13.7. The van der Waals surface area contributed by atoms with Gasteiger partial charge in [0.15, 0.2) is 11.0 Å². The number of aromatic nitrogens is 4. The summed E-state index contributed by atoms with van der Waals surface area (Å²) in [4.78, 5) is 49.3. The molecule has 77 heavy (non-hydrogen) atoms. The predicted octanol–water partition coefficient (Wildman–Crippen LogP) is 17.8. The van der Waals surface area contributed by atoms with E-state index in [0.717, 1.165) is 91.7 Å². The molecule has 1 aliphatic heterocycles. The predicted molar refractivity (Wildman–Crippen MR) is 316 cm³/mol. The Morgan fingerprint density at radius 3 is 1.45 bits per heavy atom. The minimum Gasteiger partial charge on any atom is -0.319 e. The minimum absolute atomic E-state index is 0.0485. The van der Waals surface area contributed by atoms with Crippen LogP contribution < -0.4 is 5.56 Å². The molecule has 0 unspecified atom stereocenters. The van der Waals surface area contributed by atoms with Crippen molar-refractivity contribution in [3.63, 3.8) is 0 Å². The SMILES string of the molecule is CCCCCCCCCCCCCC#Cc1cc([N+](=O)[O-])c2nc3n(c2c1)Cc1ccc2c4ccc5c6c(ccc(c7ccc-3c1c72)c46)c(=O)n1c2cc(C#CCCCCCCCCCCCCC)cc([N+](=O)[O-])c2nc51. The first kappa shape index (κ1) is 51.5. The first-order valence-electron chi connectivity index (χ1n) is 28.9. The van der Waals surface area contributed by atoms with Crippen molar-refractivity contribution >= 4 is 93.0 Å². The van der Waals surface area contributed by atoms with Gasteiger partial charge in [-0.3, -0.25) is 29.4 Å². The van der Waals surface area contributed by atoms with Crippen molar-refractivity contribution in [3.05, 3.63) is 120 Å². The molecule has 4 heterocycles. The lowest BCUT2D eigenvalue weighted by atomic mass is 9.84. The molecule has 0 spiro atoms. The first-order valence-corrected chi connectivity index (χ1v) is 28.9. The lowest BCUT2D eigenvalue weighted by Crippen LogP contribution is -2.13. The summed E-state index contributed by atoms with van der Waals surface area (Å²) in [5.41, 5.74) is 4.53. The highest BCUT2D eigenvalue weighted by molar-refractivity contribution is 6.38.